The Morgan fingerprint density at radius 2 is 1.44 bits per heavy atom. The van der Waals surface area contributed by atoms with Crippen LogP contribution >= 0.6 is 0 Å². The highest BCUT2D eigenvalue weighted by Crippen LogP contribution is 2.40. The van der Waals surface area contributed by atoms with E-state index in [1.807, 2.05) is 12.1 Å². The monoisotopic (exact) mass is 786 g/mol. The molecule has 7 nitrogen and oxygen atoms in total. The number of benzene rings is 3. The van der Waals surface area contributed by atoms with Crippen molar-refractivity contribution < 1.29 is 38.4 Å². The van der Waals surface area contributed by atoms with Crippen molar-refractivity contribution in [3.63, 3.8) is 0 Å². The Morgan fingerprint density at radius 1 is 0.807 bits per heavy atom. The van der Waals surface area contributed by atoms with Crippen LogP contribution in [0.1, 0.15) is 133 Å². The van der Waals surface area contributed by atoms with Crippen LogP contribution in [0, 0.1) is 17.2 Å². The summed E-state index contributed by atoms with van der Waals surface area (Å²) in [5.41, 5.74) is 6.85. The Labute approximate surface area is 341 Å². The zero-order valence-corrected chi connectivity index (χ0v) is 35.2. The quantitative estimate of drug-likeness (QED) is 0.0560. The van der Waals surface area contributed by atoms with E-state index in [0.29, 0.717) is 54.9 Å². The summed E-state index contributed by atoms with van der Waals surface area (Å²) in [6, 6.07) is 16.2. The summed E-state index contributed by atoms with van der Waals surface area (Å²) in [5.74, 6) is 0.977. The Kier molecular flexibility index (Phi) is 18.3. The summed E-state index contributed by atoms with van der Waals surface area (Å²) < 4.78 is 33.2. The van der Waals surface area contributed by atoms with Crippen LogP contribution in [0.5, 0.6) is 5.75 Å². The third-order valence-corrected chi connectivity index (χ3v) is 11.5. The van der Waals surface area contributed by atoms with Crippen molar-refractivity contribution in [2.24, 2.45) is 11.3 Å². The summed E-state index contributed by atoms with van der Waals surface area (Å²) in [5, 5.41) is 20.1. The number of ether oxygens (including phenoxy) is 3. The Bertz CT molecular complexity index is 1770. The van der Waals surface area contributed by atoms with Gasteiger partial charge in [-0.05, 0) is 134 Å². The van der Waals surface area contributed by atoms with Crippen molar-refractivity contribution in [1.82, 2.24) is 0 Å². The third kappa shape index (κ3) is 13.3. The van der Waals surface area contributed by atoms with E-state index >= 15 is 4.39 Å². The predicted octanol–water partition coefficient (Wildman–Crippen LogP) is 10.9. The van der Waals surface area contributed by atoms with Gasteiger partial charge in [0.1, 0.15) is 11.6 Å². The zero-order valence-electron chi connectivity index (χ0n) is 35.2. The number of carbonyl (C=O) groups excluding carboxylic acids is 2. The van der Waals surface area contributed by atoms with Gasteiger partial charge < -0.3 is 24.4 Å². The Hall–Kier alpha value is -4.01. The van der Waals surface area contributed by atoms with Crippen molar-refractivity contribution in [1.29, 1.82) is 0 Å². The van der Waals surface area contributed by atoms with Gasteiger partial charge in [-0.2, -0.15) is 0 Å². The van der Waals surface area contributed by atoms with Gasteiger partial charge >= 0.3 is 11.9 Å². The van der Waals surface area contributed by atoms with E-state index in [1.165, 1.54) is 38.5 Å². The first-order valence-corrected chi connectivity index (χ1v) is 21.4. The summed E-state index contributed by atoms with van der Waals surface area (Å²) in [6.07, 6.45) is 13.1. The second-order valence-electron chi connectivity index (χ2n) is 16.4. The number of hydrogen-bond acceptors (Lipinski definition) is 7. The fraction of sp³-hybridized carbons (Fsp3) is 0.551. The van der Waals surface area contributed by atoms with Crippen molar-refractivity contribution in [3.05, 3.63) is 88.8 Å². The molecular weight excluding hydrogens is 720 g/mol. The molecule has 0 aromatic heterocycles. The molecule has 57 heavy (non-hydrogen) atoms. The van der Waals surface area contributed by atoms with E-state index in [9.17, 15) is 19.8 Å². The van der Waals surface area contributed by atoms with Crippen LogP contribution in [0.2, 0.25) is 0 Å². The van der Waals surface area contributed by atoms with Gasteiger partial charge in [-0.3, -0.25) is 4.79 Å². The van der Waals surface area contributed by atoms with E-state index < -0.39 is 11.4 Å². The maximum atomic E-state index is 15.9. The van der Waals surface area contributed by atoms with Crippen molar-refractivity contribution in [3.8, 4) is 28.0 Å². The molecule has 0 amide bonds. The minimum atomic E-state index is -0.868. The lowest BCUT2D eigenvalue weighted by atomic mass is 9.77. The molecule has 1 saturated carbocycles. The lowest BCUT2D eigenvalue weighted by Gasteiger charge is -2.29. The Morgan fingerprint density at radius 3 is 2.02 bits per heavy atom. The van der Waals surface area contributed by atoms with E-state index in [0.717, 1.165) is 64.1 Å². The molecule has 0 saturated heterocycles. The van der Waals surface area contributed by atoms with Gasteiger partial charge in [0.2, 0.25) is 0 Å². The molecule has 1 aliphatic carbocycles. The SMILES string of the molecule is C=C(C)C(=O)OCCCc1cc(-c2ccc(-c3ccc(C4CCC(CCCCC)CC4)cc3F)cc2CC)cc(CCCOC(=O)CC)c1OCC(C)(CO)CO. The smallest absolute Gasteiger partial charge is 0.333 e. The van der Waals surface area contributed by atoms with Crippen molar-refractivity contribution in [2.45, 2.75) is 130 Å². The normalized spacial score (nSPS) is 15.6. The van der Waals surface area contributed by atoms with Gasteiger partial charge in [-0.1, -0.05) is 90.3 Å². The van der Waals surface area contributed by atoms with Crippen LogP contribution in [0.3, 0.4) is 0 Å². The largest absolute Gasteiger partial charge is 0.492 e. The maximum Gasteiger partial charge on any atom is 0.333 e. The lowest BCUT2D eigenvalue weighted by molar-refractivity contribution is -0.143. The second kappa shape index (κ2) is 22.8. The molecule has 3 aromatic rings. The van der Waals surface area contributed by atoms with Crippen LogP contribution in [0.15, 0.2) is 60.7 Å². The lowest BCUT2D eigenvalue weighted by Crippen LogP contribution is -2.33. The third-order valence-electron chi connectivity index (χ3n) is 11.5. The van der Waals surface area contributed by atoms with Gasteiger partial charge in [-0.25, -0.2) is 9.18 Å². The van der Waals surface area contributed by atoms with Crippen LogP contribution in [0.25, 0.3) is 22.3 Å². The minimum absolute atomic E-state index is 0.0778. The van der Waals surface area contributed by atoms with Crippen LogP contribution < -0.4 is 4.74 Å². The van der Waals surface area contributed by atoms with Gasteiger partial charge in [0.25, 0.3) is 0 Å². The van der Waals surface area contributed by atoms with Crippen molar-refractivity contribution in [2.75, 3.05) is 33.0 Å². The van der Waals surface area contributed by atoms with Gasteiger partial charge in [0.15, 0.2) is 0 Å². The summed E-state index contributed by atoms with van der Waals surface area (Å²) in [7, 11) is 0. The molecule has 312 valence electrons. The average molecular weight is 787 g/mol. The van der Waals surface area contributed by atoms with Crippen LogP contribution in [-0.2, 0) is 38.3 Å². The molecule has 0 atom stereocenters. The maximum absolute atomic E-state index is 15.9. The number of rotatable bonds is 23. The fourth-order valence-corrected chi connectivity index (χ4v) is 7.78. The topological polar surface area (TPSA) is 102 Å². The fourth-order valence-electron chi connectivity index (χ4n) is 7.78. The number of aryl methyl sites for hydroxylation is 3. The van der Waals surface area contributed by atoms with Gasteiger partial charge in [-0.15, -0.1) is 0 Å². The number of aliphatic hydroxyl groups excluding tert-OH is 2. The van der Waals surface area contributed by atoms with E-state index in [1.54, 1.807) is 26.8 Å². The Balaban J connectivity index is 1.66. The first-order chi connectivity index (χ1) is 27.4. The molecular formula is C49H67FO7. The molecule has 0 unspecified atom stereocenters. The zero-order chi connectivity index (χ0) is 41.4. The number of unbranched alkanes of at least 4 members (excludes halogenated alkanes) is 2. The number of halogens is 1. The van der Waals surface area contributed by atoms with Gasteiger partial charge in [0.05, 0.1) is 33.0 Å². The second-order valence-corrected chi connectivity index (χ2v) is 16.4. The molecule has 0 heterocycles. The summed E-state index contributed by atoms with van der Waals surface area (Å²) in [6.45, 7) is 13.2. The number of esters is 2. The molecule has 1 fully saturated rings. The molecule has 0 spiro atoms. The first-order valence-electron chi connectivity index (χ1n) is 21.4. The van der Waals surface area contributed by atoms with Gasteiger partial charge in [0, 0.05) is 23.0 Å². The number of hydrogen-bond donors (Lipinski definition) is 2. The first kappa shape index (κ1) is 45.7. The van der Waals surface area contributed by atoms with Crippen LogP contribution in [0.4, 0.5) is 4.39 Å². The highest BCUT2D eigenvalue weighted by atomic mass is 19.1. The molecule has 0 radical (unpaired) electrons. The predicted molar refractivity (Wildman–Crippen MR) is 227 cm³/mol. The molecule has 2 N–H and O–H groups in total. The highest BCUT2D eigenvalue weighted by Gasteiger charge is 2.26. The number of carbonyl (C=O) groups is 2. The van der Waals surface area contributed by atoms with E-state index in [4.69, 9.17) is 14.2 Å². The molecule has 4 rings (SSSR count). The molecule has 8 heteroatoms. The summed E-state index contributed by atoms with van der Waals surface area (Å²) >= 11 is 0. The average Bonchev–Trinajstić information content (AvgIpc) is 3.23. The highest BCUT2D eigenvalue weighted by molar-refractivity contribution is 5.86. The molecule has 1 aliphatic rings. The number of aliphatic hydroxyl groups is 2. The molecule has 0 bridgehead atoms. The molecule has 3 aromatic carbocycles. The van der Waals surface area contributed by atoms with Crippen LogP contribution in [-0.4, -0.2) is 55.2 Å². The standard InChI is InChI=1S/C49H67FO7/c1-7-10-11-14-35-17-19-37(20-18-35)38-21-24-44(45(50)30-38)39-22-23-43(36(8-2)27-39)42-28-40(15-12-25-55-46(53)9-3)47(57-33-49(6,31-51)32-52)41(29-42)16-13-26-56-48(54)34(4)5/h21-24,27-30,35,37,51-52H,4,7-20,25-26,31-33H2,1-3,5-6H3. The summed E-state index contributed by atoms with van der Waals surface area (Å²) in [4.78, 5) is 24.0. The minimum Gasteiger partial charge on any atom is -0.492 e. The van der Waals surface area contributed by atoms with E-state index in [-0.39, 0.29) is 44.8 Å². The van der Waals surface area contributed by atoms with Crippen molar-refractivity contribution >= 4 is 11.9 Å². The molecule has 0 aliphatic heterocycles. The van der Waals surface area contributed by atoms with E-state index in [2.05, 4.69) is 50.8 Å².